The number of aromatic nitrogens is 1. The maximum Gasteiger partial charge on any atom is 0.328 e. The van der Waals surface area contributed by atoms with Gasteiger partial charge in [-0.25, -0.2) is 4.79 Å². The molecule has 0 bridgehead atoms. The zero-order chi connectivity index (χ0) is 11.3. The first-order chi connectivity index (χ1) is 7.11. The molecule has 1 heterocycles. The highest BCUT2D eigenvalue weighted by atomic mass is 16.4. The zero-order valence-electron chi connectivity index (χ0n) is 8.60. The summed E-state index contributed by atoms with van der Waals surface area (Å²) in [6, 6.07) is 3.44. The molecule has 0 aliphatic heterocycles. The van der Waals surface area contributed by atoms with Gasteiger partial charge in [-0.05, 0) is 13.0 Å². The largest absolute Gasteiger partial charge is 0.480 e. The number of carbonyl (C=O) groups is 1. The Bertz CT molecular complexity index is 329. The van der Waals surface area contributed by atoms with E-state index < -0.39 is 11.5 Å². The van der Waals surface area contributed by atoms with Crippen LogP contribution in [0, 0.1) is 0 Å². The normalized spacial score (nSPS) is 14.5. The lowest BCUT2D eigenvalue weighted by Gasteiger charge is -2.26. The zero-order valence-corrected chi connectivity index (χ0v) is 8.60. The number of carboxylic acids is 1. The molecule has 0 amide bonds. The number of aliphatic carboxylic acids is 1. The van der Waals surface area contributed by atoms with Gasteiger partial charge >= 0.3 is 5.97 Å². The van der Waals surface area contributed by atoms with E-state index >= 15 is 0 Å². The third kappa shape index (κ3) is 2.51. The first kappa shape index (κ1) is 11.6. The molecular formula is C10H15N3O2. The van der Waals surface area contributed by atoms with Gasteiger partial charge in [0, 0.05) is 31.0 Å². The van der Waals surface area contributed by atoms with Crippen LogP contribution in [0.2, 0.25) is 0 Å². The van der Waals surface area contributed by atoms with Crippen molar-refractivity contribution in [1.29, 1.82) is 0 Å². The summed E-state index contributed by atoms with van der Waals surface area (Å²) >= 11 is 0. The van der Waals surface area contributed by atoms with Gasteiger partial charge in [0.15, 0.2) is 0 Å². The number of hydrogen-bond acceptors (Lipinski definition) is 4. The highest BCUT2D eigenvalue weighted by Gasteiger charge is 2.34. The van der Waals surface area contributed by atoms with Gasteiger partial charge in [-0.1, -0.05) is 6.07 Å². The molecule has 0 spiro atoms. The fraction of sp³-hybridized carbons (Fsp3) is 0.400. The molecule has 1 aromatic rings. The average molecular weight is 209 g/mol. The van der Waals surface area contributed by atoms with Crippen molar-refractivity contribution in [2.75, 3.05) is 13.1 Å². The molecule has 1 unspecified atom stereocenters. The van der Waals surface area contributed by atoms with E-state index in [0.717, 1.165) is 0 Å². The lowest BCUT2D eigenvalue weighted by Crippen LogP contribution is -2.48. The van der Waals surface area contributed by atoms with E-state index in [1.807, 2.05) is 0 Å². The van der Waals surface area contributed by atoms with Gasteiger partial charge in [-0.3, -0.25) is 10.3 Å². The minimum absolute atomic E-state index is 0.392. The van der Waals surface area contributed by atoms with Crippen LogP contribution in [0.4, 0.5) is 0 Å². The van der Waals surface area contributed by atoms with Crippen LogP contribution < -0.4 is 11.1 Å². The van der Waals surface area contributed by atoms with Crippen molar-refractivity contribution in [2.24, 2.45) is 5.73 Å². The molecule has 5 nitrogen and oxygen atoms in total. The molecule has 1 atom stereocenters. The Morgan fingerprint density at radius 1 is 1.73 bits per heavy atom. The molecular weight excluding hydrogens is 194 g/mol. The van der Waals surface area contributed by atoms with Gasteiger partial charge in [-0.2, -0.15) is 0 Å². The molecule has 82 valence electrons. The maximum atomic E-state index is 11.2. The third-order valence-electron chi connectivity index (χ3n) is 2.29. The highest BCUT2D eigenvalue weighted by Crippen LogP contribution is 2.19. The predicted molar refractivity (Wildman–Crippen MR) is 56.3 cm³/mol. The summed E-state index contributed by atoms with van der Waals surface area (Å²) in [7, 11) is 0. The summed E-state index contributed by atoms with van der Waals surface area (Å²) in [6.45, 7) is 2.43. The Balaban J connectivity index is 2.96. The van der Waals surface area contributed by atoms with Gasteiger partial charge in [-0.15, -0.1) is 0 Å². The van der Waals surface area contributed by atoms with Gasteiger partial charge < -0.3 is 10.8 Å². The van der Waals surface area contributed by atoms with Gasteiger partial charge in [0.25, 0.3) is 0 Å². The van der Waals surface area contributed by atoms with Gasteiger partial charge in [0.1, 0.15) is 5.54 Å². The summed E-state index contributed by atoms with van der Waals surface area (Å²) in [5.41, 5.74) is 4.83. The SMILES string of the molecule is CC(NCCN)(C(=O)O)c1cccnc1. The molecule has 15 heavy (non-hydrogen) atoms. The number of nitrogens with zero attached hydrogens (tertiary/aromatic N) is 1. The van der Waals surface area contributed by atoms with Crippen molar-refractivity contribution >= 4 is 5.97 Å². The van der Waals surface area contributed by atoms with E-state index in [-0.39, 0.29) is 0 Å². The quantitative estimate of drug-likeness (QED) is 0.631. The summed E-state index contributed by atoms with van der Waals surface area (Å²) in [5, 5.41) is 12.1. The minimum atomic E-state index is -1.13. The van der Waals surface area contributed by atoms with Crippen molar-refractivity contribution in [3.8, 4) is 0 Å². The van der Waals surface area contributed by atoms with E-state index in [4.69, 9.17) is 5.73 Å². The molecule has 0 saturated carbocycles. The molecule has 1 rings (SSSR count). The summed E-state index contributed by atoms with van der Waals surface area (Å²) in [4.78, 5) is 15.1. The van der Waals surface area contributed by atoms with Crippen LogP contribution >= 0.6 is 0 Å². The first-order valence-electron chi connectivity index (χ1n) is 4.70. The molecule has 0 fully saturated rings. The summed E-state index contributed by atoms with van der Waals surface area (Å²) in [6.07, 6.45) is 3.15. The number of rotatable bonds is 5. The summed E-state index contributed by atoms with van der Waals surface area (Å²) in [5.74, 6) is -0.941. The average Bonchev–Trinajstić information content (AvgIpc) is 2.27. The molecule has 4 N–H and O–H groups in total. The Labute approximate surface area is 88.3 Å². The van der Waals surface area contributed by atoms with E-state index in [0.29, 0.717) is 18.7 Å². The smallest absolute Gasteiger partial charge is 0.328 e. The molecule has 5 heteroatoms. The van der Waals surface area contributed by atoms with Crippen molar-refractivity contribution in [2.45, 2.75) is 12.5 Å². The standard InChI is InChI=1S/C10H15N3O2/c1-10(9(14)15,13-6-4-11)8-3-2-5-12-7-8/h2-3,5,7,13H,4,6,11H2,1H3,(H,14,15). The number of nitrogens with one attached hydrogen (secondary N) is 1. The second-order valence-electron chi connectivity index (χ2n) is 3.39. The third-order valence-corrected chi connectivity index (χ3v) is 2.29. The topological polar surface area (TPSA) is 88.2 Å². The fourth-order valence-electron chi connectivity index (χ4n) is 1.28. The van der Waals surface area contributed by atoms with Crippen molar-refractivity contribution in [1.82, 2.24) is 10.3 Å². The maximum absolute atomic E-state index is 11.2. The Morgan fingerprint density at radius 3 is 2.93 bits per heavy atom. The van der Waals surface area contributed by atoms with Crippen molar-refractivity contribution < 1.29 is 9.90 Å². The van der Waals surface area contributed by atoms with Gasteiger partial charge in [0.05, 0.1) is 0 Å². The number of nitrogens with two attached hydrogens (primary N) is 1. The Kier molecular flexibility index (Phi) is 3.76. The second kappa shape index (κ2) is 4.86. The van der Waals surface area contributed by atoms with E-state index in [1.54, 1.807) is 25.3 Å². The van der Waals surface area contributed by atoms with Crippen LogP contribution in [0.15, 0.2) is 24.5 Å². The van der Waals surface area contributed by atoms with Gasteiger partial charge in [0.2, 0.25) is 0 Å². The number of carboxylic acid groups (broad SMARTS) is 1. The Hall–Kier alpha value is -1.46. The predicted octanol–water partition coefficient (Wildman–Crippen LogP) is -0.0703. The van der Waals surface area contributed by atoms with Crippen LogP contribution in [0.1, 0.15) is 12.5 Å². The number of pyridine rings is 1. The molecule has 0 aliphatic rings. The van der Waals surface area contributed by atoms with Crippen LogP contribution in [-0.2, 0) is 10.3 Å². The lowest BCUT2D eigenvalue weighted by molar-refractivity contribution is -0.144. The van der Waals surface area contributed by atoms with E-state index in [1.165, 1.54) is 6.20 Å². The second-order valence-corrected chi connectivity index (χ2v) is 3.39. The fourth-order valence-corrected chi connectivity index (χ4v) is 1.28. The molecule has 0 radical (unpaired) electrons. The molecule has 0 aromatic carbocycles. The first-order valence-corrected chi connectivity index (χ1v) is 4.70. The summed E-state index contributed by atoms with van der Waals surface area (Å²) < 4.78 is 0. The van der Waals surface area contributed by atoms with E-state index in [2.05, 4.69) is 10.3 Å². The van der Waals surface area contributed by atoms with Crippen molar-refractivity contribution in [3.63, 3.8) is 0 Å². The highest BCUT2D eigenvalue weighted by molar-refractivity contribution is 5.80. The van der Waals surface area contributed by atoms with Crippen LogP contribution in [0.25, 0.3) is 0 Å². The van der Waals surface area contributed by atoms with E-state index in [9.17, 15) is 9.90 Å². The minimum Gasteiger partial charge on any atom is -0.480 e. The molecule has 0 aliphatic carbocycles. The van der Waals surface area contributed by atoms with Crippen LogP contribution in [0.3, 0.4) is 0 Å². The molecule has 1 aromatic heterocycles. The van der Waals surface area contributed by atoms with Crippen LogP contribution in [-0.4, -0.2) is 29.1 Å². The molecule has 0 saturated heterocycles. The lowest BCUT2D eigenvalue weighted by atomic mass is 9.93. The Morgan fingerprint density at radius 2 is 2.47 bits per heavy atom. The van der Waals surface area contributed by atoms with Crippen LogP contribution in [0.5, 0.6) is 0 Å². The monoisotopic (exact) mass is 209 g/mol. The number of hydrogen-bond donors (Lipinski definition) is 3. The van der Waals surface area contributed by atoms with Crippen molar-refractivity contribution in [3.05, 3.63) is 30.1 Å².